The Balaban J connectivity index is 1.51. The summed E-state index contributed by atoms with van der Waals surface area (Å²) in [6, 6.07) is 11.3. The molecule has 4 rings (SSSR count). The van der Waals surface area contributed by atoms with E-state index in [0.29, 0.717) is 43.5 Å². The van der Waals surface area contributed by atoms with Crippen LogP contribution in [0.15, 0.2) is 35.5 Å². The number of nitriles is 1. The number of carbonyl (C=O) groups is 2. The third kappa shape index (κ3) is 5.17. The van der Waals surface area contributed by atoms with E-state index in [2.05, 4.69) is 16.0 Å². The summed E-state index contributed by atoms with van der Waals surface area (Å²) in [7, 11) is 0. The van der Waals surface area contributed by atoms with Gasteiger partial charge in [0.1, 0.15) is 12.4 Å². The van der Waals surface area contributed by atoms with E-state index >= 15 is 0 Å². The molecule has 1 N–H and O–H groups in total. The number of thioether (sulfide) groups is 1. The Bertz CT molecular complexity index is 1090. The van der Waals surface area contributed by atoms with Gasteiger partial charge in [-0.2, -0.15) is 5.26 Å². The van der Waals surface area contributed by atoms with Crippen molar-refractivity contribution in [3.05, 3.63) is 47.2 Å². The number of anilines is 1. The number of fused-ring (bicyclic) bond motifs is 1. The van der Waals surface area contributed by atoms with Crippen LogP contribution in [0.1, 0.15) is 23.2 Å². The number of benzene rings is 1. The monoisotopic (exact) mass is 482 g/mol. The van der Waals surface area contributed by atoms with E-state index < -0.39 is 12.2 Å². The molecule has 2 amide bonds. The molecular formula is C23H26N6O4S. The van der Waals surface area contributed by atoms with Crippen LogP contribution in [0.5, 0.6) is 0 Å². The van der Waals surface area contributed by atoms with Gasteiger partial charge >= 0.3 is 12.2 Å². The molecule has 1 aromatic carbocycles. The maximum absolute atomic E-state index is 12.8. The second-order valence-corrected chi connectivity index (χ2v) is 8.88. The van der Waals surface area contributed by atoms with Gasteiger partial charge in [-0.3, -0.25) is 0 Å². The summed E-state index contributed by atoms with van der Waals surface area (Å²) < 4.78 is 5.52. The highest BCUT2D eigenvalue weighted by Gasteiger charge is 2.34. The minimum atomic E-state index is -0.965. The highest BCUT2D eigenvalue weighted by atomic mass is 32.2. The molecule has 0 spiro atoms. The predicted octanol–water partition coefficient (Wildman–Crippen LogP) is 2.98. The summed E-state index contributed by atoms with van der Waals surface area (Å²) in [4.78, 5) is 38.6. The lowest BCUT2D eigenvalue weighted by atomic mass is 10.0. The quantitative estimate of drug-likeness (QED) is 0.506. The van der Waals surface area contributed by atoms with Crippen LogP contribution < -0.4 is 4.90 Å². The molecule has 1 fully saturated rings. The van der Waals surface area contributed by atoms with Crippen molar-refractivity contribution in [3.8, 4) is 6.07 Å². The summed E-state index contributed by atoms with van der Waals surface area (Å²) in [5.41, 5.74) is 2.55. The number of hydrogen-bond acceptors (Lipinski definition) is 8. The highest BCUT2D eigenvalue weighted by Crippen LogP contribution is 2.30. The number of nitrogens with zero attached hydrogens (tertiary/aromatic N) is 6. The highest BCUT2D eigenvalue weighted by molar-refractivity contribution is 7.98. The van der Waals surface area contributed by atoms with E-state index in [-0.39, 0.29) is 25.6 Å². The van der Waals surface area contributed by atoms with E-state index in [1.165, 1.54) is 16.7 Å². The number of amides is 2. The predicted molar refractivity (Wildman–Crippen MR) is 126 cm³/mol. The molecule has 1 atom stereocenters. The van der Waals surface area contributed by atoms with Crippen molar-refractivity contribution in [2.45, 2.75) is 37.2 Å². The first-order chi connectivity index (χ1) is 16.5. The first-order valence-electron chi connectivity index (χ1n) is 11.0. The third-order valence-electron chi connectivity index (χ3n) is 6.02. The van der Waals surface area contributed by atoms with Crippen molar-refractivity contribution in [3.63, 3.8) is 0 Å². The fourth-order valence-electron chi connectivity index (χ4n) is 4.28. The summed E-state index contributed by atoms with van der Waals surface area (Å²) in [5.74, 6) is 0.764. The van der Waals surface area contributed by atoms with Gasteiger partial charge in [-0.15, -0.1) is 0 Å². The zero-order chi connectivity index (χ0) is 24.1. The largest absolute Gasteiger partial charge is 0.465 e. The summed E-state index contributed by atoms with van der Waals surface area (Å²) >= 11 is 1.40. The molecule has 0 radical (unpaired) electrons. The standard InChI is InChI=1S/C23H26N6O4S/c1-34-21-25-19-14-28(22(30)31)10-8-18(19)20(26-21)27-11-12-29(17(13-27)7-9-24)23(32)33-15-16-5-3-2-4-6-16/h2-6,17H,7-8,10-15H2,1H3,(H,30,31)/t17-/m0/s1. The van der Waals surface area contributed by atoms with Crippen molar-refractivity contribution in [2.75, 3.05) is 37.3 Å². The molecule has 34 heavy (non-hydrogen) atoms. The molecule has 178 valence electrons. The average Bonchev–Trinajstić information content (AvgIpc) is 2.87. The second-order valence-electron chi connectivity index (χ2n) is 8.11. The lowest BCUT2D eigenvalue weighted by Gasteiger charge is -2.41. The van der Waals surface area contributed by atoms with E-state index in [4.69, 9.17) is 9.72 Å². The summed E-state index contributed by atoms with van der Waals surface area (Å²) in [6.07, 6.45) is 1.17. The fourth-order valence-corrected chi connectivity index (χ4v) is 4.65. The second kappa shape index (κ2) is 10.6. The molecule has 2 aromatic rings. The summed E-state index contributed by atoms with van der Waals surface area (Å²) in [5, 5.41) is 19.4. The molecule has 0 bridgehead atoms. The van der Waals surface area contributed by atoms with Crippen molar-refractivity contribution in [2.24, 2.45) is 0 Å². The first-order valence-corrected chi connectivity index (χ1v) is 12.2. The Morgan fingerprint density at radius 2 is 2.03 bits per heavy atom. The molecule has 2 aliphatic rings. The Labute approximate surface area is 202 Å². The van der Waals surface area contributed by atoms with Gasteiger partial charge < -0.3 is 24.5 Å². The van der Waals surface area contributed by atoms with Crippen LogP contribution in [0, 0.1) is 11.3 Å². The van der Waals surface area contributed by atoms with Gasteiger partial charge in [-0.1, -0.05) is 42.1 Å². The zero-order valence-corrected chi connectivity index (χ0v) is 19.7. The van der Waals surface area contributed by atoms with Crippen LogP contribution in [0.3, 0.4) is 0 Å². The van der Waals surface area contributed by atoms with Gasteiger partial charge in [-0.05, 0) is 18.2 Å². The Kier molecular flexibility index (Phi) is 7.37. The van der Waals surface area contributed by atoms with Gasteiger partial charge in [0.25, 0.3) is 0 Å². The van der Waals surface area contributed by atoms with Crippen LogP contribution in [-0.2, 0) is 24.3 Å². The normalized spacial score (nSPS) is 17.6. The van der Waals surface area contributed by atoms with E-state index in [1.54, 1.807) is 4.90 Å². The fraction of sp³-hybridized carbons (Fsp3) is 0.435. The van der Waals surface area contributed by atoms with Gasteiger partial charge in [-0.25, -0.2) is 19.6 Å². The van der Waals surface area contributed by atoms with Crippen LogP contribution in [-0.4, -0.2) is 75.5 Å². The topological polar surface area (TPSA) is 123 Å². The van der Waals surface area contributed by atoms with E-state index in [0.717, 1.165) is 16.9 Å². The molecule has 0 saturated carbocycles. The molecular weight excluding hydrogens is 456 g/mol. The maximum Gasteiger partial charge on any atom is 0.410 e. The zero-order valence-electron chi connectivity index (χ0n) is 18.9. The van der Waals surface area contributed by atoms with Crippen LogP contribution in [0.25, 0.3) is 0 Å². The molecule has 0 unspecified atom stereocenters. The number of ether oxygens (including phenoxy) is 1. The Morgan fingerprint density at radius 1 is 1.24 bits per heavy atom. The van der Waals surface area contributed by atoms with E-state index in [9.17, 15) is 20.0 Å². The SMILES string of the molecule is CSc1nc2c(c(N3CCN(C(=O)OCc4ccccc4)[C@@H](CC#N)C3)n1)CCN(C(=O)O)C2. The maximum atomic E-state index is 12.8. The van der Waals surface area contributed by atoms with Gasteiger partial charge in [0.15, 0.2) is 5.16 Å². The molecule has 2 aliphatic heterocycles. The molecule has 10 nitrogen and oxygen atoms in total. The number of rotatable bonds is 5. The first kappa shape index (κ1) is 23.6. The number of aromatic nitrogens is 2. The number of carbonyl (C=O) groups excluding carboxylic acids is 1. The Morgan fingerprint density at radius 3 is 2.74 bits per heavy atom. The van der Waals surface area contributed by atoms with Gasteiger partial charge in [0, 0.05) is 31.7 Å². The van der Waals surface area contributed by atoms with Crippen LogP contribution in [0.2, 0.25) is 0 Å². The van der Waals surface area contributed by atoms with Crippen LogP contribution in [0.4, 0.5) is 15.4 Å². The number of hydrogen-bond donors (Lipinski definition) is 1. The lowest BCUT2D eigenvalue weighted by Crippen LogP contribution is -2.55. The minimum Gasteiger partial charge on any atom is -0.465 e. The third-order valence-corrected chi connectivity index (χ3v) is 6.57. The Hall–Kier alpha value is -3.52. The molecule has 1 saturated heterocycles. The minimum absolute atomic E-state index is 0.173. The van der Waals surface area contributed by atoms with Gasteiger partial charge in [0.2, 0.25) is 0 Å². The lowest BCUT2D eigenvalue weighted by molar-refractivity contribution is 0.0767. The van der Waals surface area contributed by atoms with Crippen LogP contribution >= 0.6 is 11.8 Å². The molecule has 0 aliphatic carbocycles. The van der Waals surface area contributed by atoms with Crippen molar-refractivity contribution in [1.82, 2.24) is 19.8 Å². The average molecular weight is 483 g/mol. The number of carboxylic acid groups (broad SMARTS) is 1. The van der Waals surface area contributed by atoms with Crippen molar-refractivity contribution in [1.29, 1.82) is 5.26 Å². The summed E-state index contributed by atoms with van der Waals surface area (Å²) in [6.45, 7) is 2.15. The van der Waals surface area contributed by atoms with Crippen molar-refractivity contribution < 1.29 is 19.4 Å². The smallest absolute Gasteiger partial charge is 0.410 e. The number of piperazine rings is 1. The molecule has 1 aromatic heterocycles. The van der Waals surface area contributed by atoms with Gasteiger partial charge in [0.05, 0.1) is 30.8 Å². The molecule has 11 heteroatoms. The van der Waals surface area contributed by atoms with E-state index in [1.807, 2.05) is 36.6 Å². The van der Waals surface area contributed by atoms with Crippen molar-refractivity contribution >= 4 is 29.8 Å². The molecule has 3 heterocycles.